The lowest BCUT2D eigenvalue weighted by atomic mass is 9.86. The first-order chi connectivity index (χ1) is 33.9. The highest BCUT2D eigenvalue weighted by Crippen LogP contribution is 2.43. The second kappa shape index (κ2) is 17.1. The van der Waals surface area contributed by atoms with Crippen LogP contribution in [0.5, 0.6) is 0 Å². The number of nitrogens with zero attached hydrogens (tertiary/aromatic N) is 3. The van der Waals surface area contributed by atoms with Crippen LogP contribution in [-0.4, -0.2) is 22.5 Å². The molecule has 11 rings (SSSR count). The minimum absolute atomic E-state index is 0.0423. The first-order valence-electron chi connectivity index (χ1n) is 25.0. The quantitative estimate of drug-likeness (QED) is 0.191. The lowest BCUT2D eigenvalue weighted by Gasteiger charge is -2.20. The van der Waals surface area contributed by atoms with Crippen LogP contribution >= 0.6 is 0 Å². The second-order valence-electron chi connectivity index (χ2n) is 23.6. The lowest BCUT2D eigenvalue weighted by Crippen LogP contribution is -2.11. The number of H-pyrrole nitrogens is 1. The molecule has 7 heteroatoms. The first-order valence-corrected chi connectivity index (χ1v) is 26.5. The first kappa shape index (κ1) is 48.2. The molecule has 0 aliphatic heterocycles. The topological polar surface area (TPSA) is 83.6 Å². The van der Waals surface area contributed by atoms with E-state index in [1.807, 2.05) is 6.07 Å². The highest BCUT2D eigenvalue weighted by atomic mass is 32.2. The summed E-state index contributed by atoms with van der Waals surface area (Å²) in [6.07, 6.45) is 0. The molecule has 6 nitrogen and oxygen atoms in total. The molecule has 0 radical (unpaired) electrons. The molecule has 0 bridgehead atoms. The van der Waals surface area contributed by atoms with Crippen LogP contribution < -0.4 is 0 Å². The SMILES string of the molecule is CC(C)(C)c1ccc(-n2c3ccc(C(C)(C)C)cc3c3cc4c(cc32)[nH]c2cc3c(cc24)c2cc(C(C)(C)C)ccc2n3-c2ccc(C(C)(C)C)cc2)cc1.N#Cc1ccc(S(=O)(=O)c2ccccc2)cc1. The molecule has 0 aliphatic rings. The van der Waals surface area contributed by atoms with Crippen LogP contribution in [-0.2, 0) is 31.5 Å². The highest BCUT2D eigenvalue weighted by molar-refractivity contribution is 7.91. The minimum atomic E-state index is -3.47. The van der Waals surface area contributed by atoms with E-state index in [1.165, 1.54) is 112 Å². The van der Waals surface area contributed by atoms with Crippen LogP contribution in [0.4, 0.5) is 0 Å². The van der Waals surface area contributed by atoms with E-state index >= 15 is 0 Å². The Morgan fingerprint density at radius 3 is 1.12 bits per heavy atom. The van der Waals surface area contributed by atoms with E-state index in [4.69, 9.17) is 5.26 Å². The molecule has 0 aliphatic carbocycles. The minimum Gasteiger partial charge on any atom is -0.354 e. The molecule has 0 fully saturated rings. The number of rotatable bonds is 4. The van der Waals surface area contributed by atoms with Gasteiger partial charge in [-0.2, -0.15) is 5.26 Å². The van der Waals surface area contributed by atoms with E-state index in [9.17, 15) is 8.42 Å². The van der Waals surface area contributed by atoms with E-state index in [0.717, 1.165) is 11.0 Å². The summed E-state index contributed by atoms with van der Waals surface area (Å²) in [5.74, 6) is 0. The van der Waals surface area contributed by atoms with Crippen molar-refractivity contribution in [2.75, 3.05) is 0 Å². The predicted molar refractivity (Wildman–Crippen MR) is 302 cm³/mol. The molecular formula is C65H64N4O2S. The Morgan fingerprint density at radius 2 is 0.750 bits per heavy atom. The van der Waals surface area contributed by atoms with Crippen molar-refractivity contribution >= 4 is 75.3 Å². The number of hydrogen-bond acceptors (Lipinski definition) is 3. The molecule has 8 aromatic carbocycles. The van der Waals surface area contributed by atoms with Gasteiger partial charge < -0.3 is 14.1 Å². The number of sulfone groups is 1. The highest BCUT2D eigenvalue weighted by Gasteiger charge is 2.24. The van der Waals surface area contributed by atoms with Crippen LogP contribution in [0.25, 0.3) is 76.8 Å². The Bertz CT molecular complexity index is 3840. The van der Waals surface area contributed by atoms with E-state index in [0.29, 0.717) is 5.56 Å². The number of hydrogen-bond donors (Lipinski definition) is 1. The molecular weight excluding hydrogens is 901 g/mol. The predicted octanol–water partition coefficient (Wildman–Crippen LogP) is 17.1. The second-order valence-corrected chi connectivity index (χ2v) is 25.6. The van der Waals surface area contributed by atoms with Gasteiger partial charge in [0.25, 0.3) is 0 Å². The molecule has 3 heterocycles. The number of benzene rings is 8. The van der Waals surface area contributed by atoms with Gasteiger partial charge >= 0.3 is 0 Å². The summed E-state index contributed by atoms with van der Waals surface area (Å²) >= 11 is 0. The maximum Gasteiger partial charge on any atom is 0.206 e. The summed E-state index contributed by atoms with van der Waals surface area (Å²) in [6.45, 7) is 27.5. The summed E-state index contributed by atoms with van der Waals surface area (Å²) in [4.78, 5) is 4.36. The zero-order valence-electron chi connectivity index (χ0n) is 43.7. The third kappa shape index (κ3) is 8.56. The van der Waals surface area contributed by atoms with Gasteiger partial charge in [0, 0.05) is 54.7 Å². The molecule has 3 aromatic heterocycles. The van der Waals surface area contributed by atoms with Crippen molar-refractivity contribution in [2.24, 2.45) is 0 Å². The van der Waals surface area contributed by atoms with Gasteiger partial charge in [-0.3, -0.25) is 0 Å². The fourth-order valence-electron chi connectivity index (χ4n) is 10.1. The van der Waals surface area contributed by atoms with Crippen molar-refractivity contribution < 1.29 is 8.42 Å². The van der Waals surface area contributed by atoms with E-state index in [-0.39, 0.29) is 31.5 Å². The maximum atomic E-state index is 12.2. The number of aromatic amines is 1. The van der Waals surface area contributed by atoms with Gasteiger partial charge in [-0.1, -0.05) is 138 Å². The van der Waals surface area contributed by atoms with Crippen molar-refractivity contribution in [3.63, 3.8) is 0 Å². The Morgan fingerprint density at radius 1 is 0.389 bits per heavy atom. The fraction of sp³-hybridized carbons (Fsp3) is 0.246. The zero-order chi connectivity index (χ0) is 51.3. The summed E-state index contributed by atoms with van der Waals surface area (Å²) in [7, 11) is -3.47. The fourth-order valence-corrected chi connectivity index (χ4v) is 11.4. The molecule has 0 amide bonds. The van der Waals surface area contributed by atoms with Gasteiger partial charge in [0.15, 0.2) is 0 Å². The van der Waals surface area contributed by atoms with Crippen LogP contribution in [0.3, 0.4) is 0 Å². The molecule has 1 N–H and O–H groups in total. The van der Waals surface area contributed by atoms with E-state index in [2.05, 4.69) is 206 Å². The van der Waals surface area contributed by atoms with Crippen LogP contribution in [0.15, 0.2) is 174 Å². The number of nitriles is 1. The molecule has 0 atom stereocenters. The number of aromatic nitrogens is 3. The zero-order valence-corrected chi connectivity index (χ0v) is 44.5. The third-order valence-electron chi connectivity index (χ3n) is 14.4. The normalized spacial score (nSPS) is 12.8. The van der Waals surface area contributed by atoms with Gasteiger partial charge in [0.2, 0.25) is 9.84 Å². The molecule has 362 valence electrons. The smallest absolute Gasteiger partial charge is 0.206 e. The van der Waals surface area contributed by atoms with Crippen molar-refractivity contribution in [1.82, 2.24) is 14.1 Å². The molecule has 0 saturated carbocycles. The molecule has 0 saturated heterocycles. The van der Waals surface area contributed by atoms with Crippen LogP contribution in [0.1, 0.15) is 111 Å². The van der Waals surface area contributed by atoms with Gasteiger partial charge in [0.05, 0.1) is 43.5 Å². The maximum absolute atomic E-state index is 12.2. The summed E-state index contributed by atoms with van der Waals surface area (Å²) in [5, 5.41) is 16.3. The molecule has 0 spiro atoms. The Balaban J connectivity index is 0.000000297. The van der Waals surface area contributed by atoms with Crippen molar-refractivity contribution in [2.45, 2.75) is 115 Å². The van der Waals surface area contributed by atoms with Crippen LogP contribution in [0, 0.1) is 11.3 Å². The number of nitrogens with one attached hydrogen (secondary N) is 1. The molecule has 0 unspecified atom stereocenters. The third-order valence-corrected chi connectivity index (χ3v) is 16.2. The number of fused-ring (bicyclic) bond motifs is 9. The van der Waals surface area contributed by atoms with Crippen molar-refractivity contribution in [3.8, 4) is 17.4 Å². The Kier molecular flexibility index (Phi) is 11.5. The standard InChI is InChI=1S/C52H55N3.C13H9NO2S/c1-49(2,3)31-13-19-35(20-14-31)54-45-23-17-33(51(7,8)9)25-39(45)41-27-37-38-28-42-40-26-34(52(10,11)12)18-24-46(40)55(36-21-15-32(16-22-36)50(4,5)6)48(42)30-44(38)53-43(37)29-47(41)54;14-10-11-6-8-13(9-7-11)17(15,16)12-4-2-1-3-5-12/h13-30,53H,1-12H3;1-9H. The van der Waals surface area contributed by atoms with Gasteiger partial charge in [-0.25, -0.2) is 8.42 Å². The average molecular weight is 965 g/mol. The average Bonchev–Trinajstić information content (AvgIpc) is 3.97. The van der Waals surface area contributed by atoms with Crippen LogP contribution in [0.2, 0.25) is 0 Å². The lowest BCUT2D eigenvalue weighted by molar-refractivity contribution is 0.590. The molecule has 72 heavy (non-hydrogen) atoms. The van der Waals surface area contributed by atoms with Gasteiger partial charge in [0.1, 0.15) is 0 Å². The van der Waals surface area contributed by atoms with Gasteiger partial charge in [-0.05, 0) is 153 Å². The largest absolute Gasteiger partial charge is 0.354 e. The van der Waals surface area contributed by atoms with E-state index in [1.54, 1.807) is 30.3 Å². The van der Waals surface area contributed by atoms with E-state index < -0.39 is 9.84 Å². The summed E-state index contributed by atoms with van der Waals surface area (Å²) in [6, 6.07) is 58.3. The molecule has 11 aromatic rings. The van der Waals surface area contributed by atoms with Gasteiger partial charge in [-0.15, -0.1) is 0 Å². The summed E-state index contributed by atoms with van der Waals surface area (Å²) in [5.41, 5.74) is 15.7. The monoisotopic (exact) mass is 964 g/mol. The van der Waals surface area contributed by atoms with Crippen molar-refractivity contribution in [3.05, 3.63) is 192 Å². The summed E-state index contributed by atoms with van der Waals surface area (Å²) < 4.78 is 29.2. The Hall–Kier alpha value is -7.40. The Labute approximate surface area is 424 Å². The van der Waals surface area contributed by atoms with Crippen molar-refractivity contribution in [1.29, 1.82) is 5.26 Å².